The molecule has 98 valence electrons. The molecule has 0 bridgehead atoms. The number of aryl methyl sites for hydroxylation is 1. The minimum absolute atomic E-state index is 0.0656. The van der Waals surface area contributed by atoms with Crippen molar-refractivity contribution in [3.63, 3.8) is 0 Å². The van der Waals surface area contributed by atoms with E-state index in [1.807, 2.05) is 0 Å². The summed E-state index contributed by atoms with van der Waals surface area (Å²) in [4.78, 5) is 4.54. The third-order valence-corrected chi connectivity index (χ3v) is 3.81. The third kappa shape index (κ3) is 5.15. The smallest absolute Gasteiger partial charge is 0.107 e. The van der Waals surface area contributed by atoms with Crippen LogP contribution in [-0.2, 0) is 17.7 Å². The molecule has 0 saturated carbocycles. The monoisotopic (exact) mass is 256 g/mol. The molecule has 1 aromatic rings. The highest BCUT2D eigenvalue weighted by Crippen LogP contribution is 2.16. The Balaban J connectivity index is 2.35. The van der Waals surface area contributed by atoms with Gasteiger partial charge in [-0.25, -0.2) is 4.98 Å². The molecule has 0 saturated heterocycles. The van der Waals surface area contributed by atoms with Crippen LogP contribution in [0.1, 0.15) is 44.8 Å². The minimum atomic E-state index is -0.0656. The Bertz CT molecular complexity index is 336. The molecule has 1 rings (SSSR count). The molecule has 0 aliphatic rings. The lowest BCUT2D eigenvalue weighted by atomic mass is 10.00. The second-order valence-corrected chi connectivity index (χ2v) is 5.98. The summed E-state index contributed by atoms with van der Waals surface area (Å²) in [5, 5.41) is 6.80. The standard InChI is InChI=1S/C13H24N2OS/c1-6-11-9-17-12(15-11)8-14-10(2)7-13(3,4)16-5/h9-10,14H,6-8H2,1-5H3/t10-/m0/s1. The molecular formula is C13H24N2OS. The molecule has 0 fully saturated rings. The number of ether oxygens (including phenoxy) is 1. The van der Waals surface area contributed by atoms with E-state index >= 15 is 0 Å². The zero-order valence-corrected chi connectivity index (χ0v) is 12.4. The Labute approximate surface area is 109 Å². The highest BCUT2D eigenvalue weighted by molar-refractivity contribution is 7.09. The largest absolute Gasteiger partial charge is 0.379 e. The molecule has 0 unspecified atom stereocenters. The maximum Gasteiger partial charge on any atom is 0.107 e. The Morgan fingerprint density at radius 3 is 2.76 bits per heavy atom. The number of thiazole rings is 1. The molecule has 0 aromatic carbocycles. The molecule has 1 atom stereocenters. The number of hydrogen-bond donors (Lipinski definition) is 1. The van der Waals surface area contributed by atoms with Crippen molar-refractivity contribution in [2.45, 2.75) is 58.7 Å². The molecule has 4 heteroatoms. The highest BCUT2D eigenvalue weighted by atomic mass is 32.1. The van der Waals surface area contributed by atoms with Gasteiger partial charge in [-0.3, -0.25) is 0 Å². The molecule has 17 heavy (non-hydrogen) atoms. The number of methoxy groups -OCH3 is 1. The van der Waals surface area contributed by atoms with E-state index in [1.165, 1.54) is 10.7 Å². The molecule has 0 amide bonds. The fourth-order valence-corrected chi connectivity index (χ4v) is 2.57. The Kier molecular flexibility index (Phi) is 5.56. The first kappa shape index (κ1) is 14.6. The SMILES string of the molecule is CCc1csc(CN[C@@H](C)CC(C)(C)OC)n1. The van der Waals surface area contributed by atoms with E-state index in [0.717, 1.165) is 19.4 Å². The van der Waals surface area contributed by atoms with Crippen molar-refractivity contribution in [3.8, 4) is 0 Å². The van der Waals surface area contributed by atoms with Crippen molar-refractivity contribution in [1.29, 1.82) is 0 Å². The normalized spacial score (nSPS) is 13.9. The van der Waals surface area contributed by atoms with E-state index in [1.54, 1.807) is 18.4 Å². The lowest BCUT2D eigenvalue weighted by Gasteiger charge is -2.26. The molecule has 0 aliphatic heterocycles. The fourth-order valence-electron chi connectivity index (χ4n) is 1.75. The predicted octanol–water partition coefficient (Wildman–Crippen LogP) is 3.00. The summed E-state index contributed by atoms with van der Waals surface area (Å²) < 4.78 is 5.43. The van der Waals surface area contributed by atoms with E-state index in [4.69, 9.17) is 4.74 Å². The molecule has 1 N–H and O–H groups in total. The first-order valence-electron chi connectivity index (χ1n) is 6.18. The van der Waals surface area contributed by atoms with Crippen molar-refractivity contribution < 1.29 is 4.74 Å². The number of nitrogens with one attached hydrogen (secondary N) is 1. The summed E-state index contributed by atoms with van der Waals surface area (Å²) >= 11 is 1.73. The summed E-state index contributed by atoms with van der Waals surface area (Å²) in [6.45, 7) is 9.41. The van der Waals surface area contributed by atoms with Crippen LogP contribution in [0.5, 0.6) is 0 Å². The van der Waals surface area contributed by atoms with Gasteiger partial charge in [-0.1, -0.05) is 6.92 Å². The van der Waals surface area contributed by atoms with Gasteiger partial charge < -0.3 is 10.1 Å². The lowest BCUT2D eigenvalue weighted by Crippen LogP contribution is -2.35. The van der Waals surface area contributed by atoms with E-state index in [2.05, 4.69) is 43.4 Å². The summed E-state index contributed by atoms with van der Waals surface area (Å²) in [6.07, 6.45) is 2.01. The first-order chi connectivity index (χ1) is 7.96. The Morgan fingerprint density at radius 1 is 1.53 bits per heavy atom. The van der Waals surface area contributed by atoms with Crippen LogP contribution in [0.4, 0.5) is 0 Å². The van der Waals surface area contributed by atoms with Crippen LogP contribution >= 0.6 is 11.3 Å². The zero-order chi connectivity index (χ0) is 12.9. The number of rotatable bonds is 7. The maximum absolute atomic E-state index is 5.43. The van der Waals surface area contributed by atoms with Crippen LogP contribution < -0.4 is 5.32 Å². The first-order valence-corrected chi connectivity index (χ1v) is 7.06. The number of aromatic nitrogens is 1. The minimum Gasteiger partial charge on any atom is -0.379 e. The van der Waals surface area contributed by atoms with E-state index < -0.39 is 0 Å². The van der Waals surface area contributed by atoms with Crippen molar-refractivity contribution in [1.82, 2.24) is 10.3 Å². The molecule has 0 radical (unpaired) electrons. The number of hydrogen-bond acceptors (Lipinski definition) is 4. The second-order valence-electron chi connectivity index (χ2n) is 5.04. The summed E-state index contributed by atoms with van der Waals surface area (Å²) in [5.41, 5.74) is 1.13. The number of nitrogens with zero attached hydrogens (tertiary/aromatic N) is 1. The van der Waals surface area contributed by atoms with Crippen LogP contribution in [-0.4, -0.2) is 23.7 Å². The van der Waals surface area contributed by atoms with Gasteiger partial charge in [-0.15, -0.1) is 11.3 Å². The molecular weight excluding hydrogens is 232 g/mol. The van der Waals surface area contributed by atoms with Gasteiger partial charge in [0.25, 0.3) is 0 Å². The van der Waals surface area contributed by atoms with E-state index in [0.29, 0.717) is 6.04 Å². The summed E-state index contributed by atoms with van der Waals surface area (Å²) in [7, 11) is 1.76. The van der Waals surface area contributed by atoms with Gasteiger partial charge in [0, 0.05) is 25.1 Å². The van der Waals surface area contributed by atoms with Gasteiger partial charge >= 0.3 is 0 Å². The van der Waals surface area contributed by atoms with Gasteiger partial charge in [0.1, 0.15) is 5.01 Å². The highest BCUT2D eigenvalue weighted by Gasteiger charge is 2.19. The van der Waals surface area contributed by atoms with Crippen LogP contribution in [0, 0.1) is 0 Å². The van der Waals surface area contributed by atoms with Gasteiger partial charge in [-0.2, -0.15) is 0 Å². The van der Waals surface area contributed by atoms with Crippen molar-refractivity contribution in [2.24, 2.45) is 0 Å². The van der Waals surface area contributed by atoms with Gasteiger partial charge in [0.15, 0.2) is 0 Å². The van der Waals surface area contributed by atoms with E-state index in [-0.39, 0.29) is 5.60 Å². The van der Waals surface area contributed by atoms with Crippen LogP contribution in [0.2, 0.25) is 0 Å². The van der Waals surface area contributed by atoms with Gasteiger partial charge in [0.2, 0.25) is 0 Å². The zero-order valence-electron chi connectivity index (χ0n) is 11.5. The molecule has 1 heterocycles. The van der Waals surface area contributed by atoms with Crippen molar-refractivity contribution in [3.05, 3.63) is 16.1 Å². The Morgan fingerprint density at radius 2 is 2.24 bits per heavy atom. The van der Waals surface area contributed by atoms with Crippen molar-refractivity contribution >= 4 is 11.3 Å². The average Bonchev–Trinajstić information content (AvgIpc) is 2.74. The topological polar surface area (TPSA) is 34.1 Å². The van der Waals surface area contributed by atoms with Gasteiger partial charge in [0.05, 0.1) is 11.3 Å². The van der Waals surface area contributed by atoms with Crippen molar-refractivity contribution in [2.75, 3.05) is 7.11 Å². The predicted molar refractivity (Wildman–Crippen MR) is 73.5 cm³/mol. The van der Waals surface area contributed by atoms with E-state index in [9.17, 15) is 0 Å². The van der Waals surface area contributed by atoms with Crippen LogP contribution in [0.3, 0.4) is 0 Å². The Hall–Kier alpha value is -0.450. The van der Waals surface area contributed by atoms with Gasteiger partial charge in [-0.05, 0) is 33.6 Å². The van der Waals surface area contributed by atoms with Crippen LogP contribution in [0.25, 0.3) is 0 Å². The lowest BCUT2D eigenvalue weighted by molar-refractivity contribution is 0.00844. The molecule has 3 nitrogen and oxygen atoms in total. The molecule has 0 aliphatic carbocycles. The summed E-state index contributed by atoms with van der Waals surface area (Å²) in [6, 6.07) is 0.430. The second kappa shape index (κ2) is 6.47. The summed E-state index contributed by atoms with van der Waals surface area (Å²) in [5.74, 6) is 0. The fraction of sp³-hybridized carbons (Fsp3) is 0.769. The van der Waals surface area contributed by atoms with Crippen LogP contribution in [0.15, 0.2) is 5.38 Å². The quantitative estimate of drug-likeness (QED) is 0.814. The maximum atomic E-state index is 5.43. The molecule has 1 aromatic heterocycles. The third-order valence-electron chi connectivity index (χ3n) is 2.91. The molecule has 0 spiro atoms. The average molecular weight is 256 g/mol.